The molecule has 0 saturated carbocycles. The summed E-state index contributed by atoms with van der Waals surface area (Å²) in [5.74, 6) is 0.366. The Morgan fingerprint density at radius 2 is 1.12 bits per heavy atom. The molecule has 5 heteroatoms. The summed E-state index contributed by atoms with van der Waals surface area (Å²) in [5.41, 5.74) is 0. The first-order valence-electron chi connectivity index (χ1n) is 17.4. The number of unbranched alkanes of at least 4 members (excludes halogenated alkanes) is 19. The lowest BCUT2D eigenvalue weighted by Crippen LogP contribution is -2.48. The normalized spacial score (nSPS) is 14.8. The number of aliphatic hydroxyl groups is 3. The second kappa shape index (κ2) is 29.6. The van der Waals surface area contributed by atoms with Gasteiger partial charge in [-0.2, -0.15) is 0 Å². The van der Waals surface area contributed by atoms with Gasteiger partial charge in [-0.3, -0.25) is 4.79 Å². The Hall–Kier alpha value is -0.910. The first-order valence-corrected chi connectivity index (χ1v) is 17.4. The van der Waals surface area contributed by atoms with Gasteiger partial charge in [0.05, 0.1) is 18.8 Å². The highest BCUT2D eigenvalue weighted by Crippen LogP contribution is 2.16. The number of aliphatic hydroxyl groups excluding tert-OH is 3. The standard InChI is InChI=1S/C35H69NO4/c1-4-6-7-8-9-10-11-12-17-20-23-26-29-34(39)35(40)36-32(30-37)33(38)28-25-22-19-16-14-13-15-18-21-24-27-31(3)5-2/h25,28,31-34,37-39H,4-24,26-27,29-30H2,1-3H3,(H,36,40)/t31?,32-,33+,34+/m0/s1. The van der Waals surface area contributed by atoms with Gasteiger partial charge >= 0.3 is 0 Å². The van der Waals surface area contributed by atoms with E-state index in [9.17, 15) is 20.1 Å². The second-order valence-corrected chi connectivity index (χ2v) is 12.3. The van der Waals surface area contributed by atoms with E-state index in [0.29, 0.717) is 6.42 Å². The molecule has 0 fully saturated rings. The molecule has 0 aliphatic carbocycles. The average molecular weight is 568 g/mol. The number of hydrogen-bond acceptors (Lipinski definition) is 4. The summed E-state index contributed by atoms with van der Waals surface area (Å²) in [4.78, 5) is 12.3. The minimum absolute atomic E-state index is 0.361. The van der Waals surface area contributed by atoms with E-state index < -0.39 is 24.2 Å². The molecule has 0 spiro atoms. The van der Waals surface area contributed by atoms with Crippen molar-refractivity contribution >= 4 is 5.91 Å². The van der Waals surface area contributed by atoms with Crippen molar-refractivity contribution in [3.05, 3.63) is 12.2 Å². The molecule has 0 aromatic rings. The molecule has 4 N–H and O–H groups in total. The molecule has 40 heavy (non-hydrogen) atoms. The Bertz CT molecular complexity index is 568. The zero-order chi connectivity index (χ0) is 29.7. The van der Waals surface area contributed by atoms with Gasteiger partial charge < -0.3 is 20.6 Å². The van der Waals surface area contributed by atoms with Crippen LogP contribution in [0.3, 0.4) is 0 Å². The van der Waals surface area contributed by atoms with Crippen molar-refractivity contribution in [1.29, 1.82) is 0 Å². The van der Waals surface area contributed by atoms with E-state index in [-0.39, 0.29) is 6.61 Å². The molecule has 1 amide bonds. The number of amides is 1. The molecular weight excluding hydrogens is 498 g/mol. The third kappa shape index (κ3) is 24.9. The van der Waals surface area contributed by atoms with Crippen LogP contribution in [-0.2, 0) is 4.79 Å². The number of rotatable bonds is 30. The summed E-state index contributed by atoms with van der Waals surface area (Å²) in [6, 6.07) is -0.791. The van der Waals surface area contributed by atoms with Crippen molar-refractivity contribution in [2.24, 2.45) is 5.92 Å². The minimum Gasteiger partial charge on any atom is -0.394 e. The van der Waals surface area contributed by atoms with Crippen molar-refractivity contribution in [2.75, 3.05) is 6.61 Å². The zero-order valence-corrected chi connectivity index (χ0v) is 26.9. The van der Waals surface area contributed by atoms with Crippen molar-refractivity contribution in [3.8, 4) is 0 Å². The molecule has 238 valence electrons. The van der Waals surface area contributed by atoms with Gasteiger partial charge in [0.15, 0.2) is 0 Å². The van der Waals surface area contributed by atoms with Crippen LogP contribution in [0.5, 0.6) is 0 Å². The van der Waals surface area contributed by atoms with E-state index in [2.05, 4.69) is 26.1 Å². The Morgan fingerprint density at radius 3 is 1.60 bits per heavy atom. The molecule has 0 bridgehead atoms. The summed E-state index contributed by atoms with van der Waals surface area (Å²) in [6.07, 6.45) is 30.7. The predicted molar refractivity (Wildman–Crippen MR) is 171 cm³/mol. The maximum absolute atomic E-state index is 12.3. The Morgan fingerprint density at radius 1 is 0.675 bits per heavy atom. The van der Waals surface area contributed by atoms with E-state index in [1.165, 1.54) is 116 Å². The number of nitrogens with one attached hydrogen (secondary N) is 1. The molecule has 0 heterocycles. The SMILES string of the molecule is CCCCCCCCCCCCCC[C@@H](O)C(=O)N[C@@H](CO)[C@H](O)C=CCCCCCCCCCCC(C)CC. The number of carbonyl (C=O) groups excluding carboxylic acids is 1. The van der Waals surface area contributed by atoms with E-state index in [1.807, 2.05) is 6.08 Å². The van der Waals surface area contributed by atoms with Crippen molar-refractivity contribution in [1.82, 2.24) is 5.32 Å². The van der Waals surface area contributed by atoms with Crippen LogP contribution in [0.25, 0.3) is 0 Å². The first kappa shape index (κ1) is 39.1. The molecule has 0 aromatic carbocycles. The van der Waals surface area contributed by atoms with Crippen molar-refractivity contribution in [2.45, 2.75) is 193 Å². The highest BCUT2D eigenvalue weighted by atomic mass is 16.3. The van der Waals surface area contributed by atoms with Crippen LogP contribution in [0.2, 0.25) is 0 Å². The smallest absolute Gasteiger partial charge is 0.249 e. The lowest BCUT2D eigenvalue weighted by atomic mass is 9.99. The fourth-order valence-corrected chi connectivity index (χ4v) is 5.22. The number of allylic oxidation sites excluding steroid dienone is 1. The molecule has 0 aromatic heterocycles. The van der Waals surface area contributed by atoms with Crippen molar-refractivity contribution in [3.63, 3.8) is 0 Å². The molecule has 4 atom stereocenters. The third-order valence-corrected chi connectivity index (χ3v) is 8.42. The van der Waals surface area contributed by atoms with Gasteiger partial charge in [-0.15, -0.1) is 0 Å². The Labute approximate surface area is 249 Å². The predicted octanol–water partition coefficient (Wildman–Crippen LogP) is 8.78. The molecule has 0 saturated heterocycles. The van der Waals surface area contributed by atoms with Gasteiger partial charge in [0.25, 0.3) is 0 Å². The molecular formula is C35H69NO4. The quantitative estimate of drug-likeness (QED) is 0.0516. The van der Waals surface area contributed by atoms with Crippen LogP contribution in [0.15, 0.2) is 12.2 Å². The van der Waals surface area contributed by atoms with Gasteiger partial charge in [-0.25, -0.2) is 0 Å². The van der Waals surface area contributed by atoms with Crippen LogP contribution >= 0.6 is 0 Å². The Balaban J connectivity index is 3.79. The van der Waals surface area contributed by atoms with Crippen molar-refractivity contribution < 1.29 is 20.1 Å². The monoisotopic (exact) mass is 568 g/mol. The van der Waals surface area contributed by atoms with Crippen LogP contribution in [0.1, 0.15) is 175 Å². The fourth-order valence-electron chi connectivity index (χ4n) is 5.22. The number of hydrogen-bond donors (Lipinski definition) is 4. The van der Waals surface area contributed by atoms with E-state index >= 15 is 0 Å². The van der Waals surface area contributed by atoms with E-state index in [1.54, 1.807) is 6.08 Å². The summed E-state index contributed by atoms with van der Waals surface area (Å²) in [5, 5.41) is 32.9. The molecule has 0 aliphatic rings. The summed E-state index contributed by atoms with van der Waals surface area (Å²) in [6.45, 7) is 6.51. The lowest BCUT2D eigenvalue weighted by Gasteiger charge is -2.21. The van der Waals surface area contributed by atoms with Crippen LogP contribution in [0, 0.1) is 5.92 Å². The molecule has 5 nitrogen and oxygen atoms in total. The first-order chi connectivity index (χ1) is 19.5. The van der Waals surface area contributed by atoms with E-state index in [0.717, 1.165) is 38.0 Å². The van der Waals surface area contributed by atoms with Crippen LogP contribution < -0.4 is 5.32 Å². The van der Waals surface area contributed by atoms with E-state index in [4.69, 9.17) is 0 Å². The largest absolute Gasteiger partial charge is 0.394 e. The highest BCUT2D eigenvalue weighted by Gasteiger charge is 2.22. The third-order valence-electron chi connectivity index (χ3n) is 8.42. The van der Waals surface area contributed by atoms with Gasteiger partial charge in [0, 0.05) is 0 Å². The minimum atomic E-state index is -1.09. The average Bonchev–Trinajstić information content (AvgIpc) is 2.96. The van der Waals surface area contributed by atoms with Crippen LogP contribution in [-0.4, -0.2) is 46.1 Å². The maximum atomic E-state index is 12.3. The molecule has 1 unspecified atom stereocenters. The van der Waals surface area contributed by atoms with Crippen LogP contribution in [0.4, 0.5) is 0 Å². The summed E-state index contributed by atoms with van der Waals surface area (Å²) in [7, 11) is 0. The zero-order valence-electron chi connectivity index (χ0n) is 26.9. The second-order valence-electron chi connectivity index (χ2n) is 12.3. The number of carbonyl (C=O) groups is 1. The molecule has 0 rings (SSSR count). The fraction of sp³-hybridized carbons (Fsp3) is 0.914. The van der Waals surface area contributed by atoms with Gasteiger partial charge in [0.2, 0.25) is 5.91 Å². The molecule has 0 aliphatic heterocycles. The summed E-state index contributed by atoms with van der Waals surface area (Å²) >= 11 is 0. The van der Waals surface area contributed by atoms with Gasteiger partial charge in [-0.1, -0.05) is 168 Å². The lowest BCUT2D eigenvalue weighted by molar-refractivity contribution is -0.131. The topological polar surface area (TPSA) is 89.8 Å². The highest BCUT2D eigenvalue weighted by molar-refractivity contribution is 5.80. The molecule has 0 radical (unpaired) electrons. The summed E-state index contributed by atoms with van der Waals surface area (Å²) < 4.78 is 0. The van der Waals surface area contributed by atoms with Gasteiger partial charge in [-0.05, 0) is 25.2 Å². The van der Waals surface area contributed by atoms with Gasteiger partial charge in [0.1, 0.15) is 6.10 Å². The maximum Gasteiger partial charge on any atom is 0.249 e. The Kier molecular flexibility index (Phi) is 28.9.